The molecule has 2 rings (SSSR count). The molecule has 1 aromatic rings. The zero-order valence-electron chi connectivity index (χ0n) is 13.3. The predicted octanol–water partition coefficient (Wildman–Crippen LogP) is 2.53. The van der Waals surface area contributed by atoms with E-state index in [1.807, 2.05) is 0 Å². The molecule has 6 heteroatoms. The maximum Gasteiger partial charge on any atom is 0.240 e. The molecule has 0 atom stereocenters. The quantitative estimate of drug-likeness (QED) is 0.817. The number of halogens is 1. The number of benzene rings is 1. The molecule has 0 aliphatic carbocycles. The first-order chi connectivity index (χ1) is 10.4. The lowest BCUT2D eigenvalue weighted by molar-refractivity contribution is 0.191. The molecule has 4 nitrogen and oxygen atoms in total. The van der Waals surface area contributed by atoms with Crippen LogP contribution in [0.1, 0.15) is 31.7 Å². The summed E-state index contributed by atoms with van der Waals surface area (Å²) in [5.74, 6) is 0.381. The summed E-state index contributed by atoms with van der Waals surface area (Å²) in [5.41, 5.74) is 0.428. The molecular formula is C16H25FN2O2S. The summed E-state index contributed by atoms with van der Waals surface area (Å²) in [6.45, 7) is 7.40. The molecule has 1 aromatic carbocycles. The minimum absolute atomic E-state index is 0.153. The van der Waals surface area contributed by atoms with Crippen LogP contribution in [0.3, 0.4) is 0 Å². The van der Waals surface area contributed by atoms with E-state index in [0.29, 0.717) is 12.1 Å². The summed E-state index contributed by atoms with van der Waals surface area (Å²) < 4.78 is 40.1. The van der Waals surface area contributed by atoms with Crippen LogP contribution in [0.5, 0.6) is 0 Å². The van der Waals surface area contributed by atoms with Crippen molar-refractivity contribution in [1.29, 1.82) is 0 Å². The van der Waals surface area contributed by atoms with Crippen LogP contribution < -0.4 is 4.72 Å². The SMILES string of the molecule is Cc1cc(F)ccc1S(=O)(=O)NCCCN1CCC(C)CC1. The molecule has 1 saturated heterocycles. The van der Waals surface area contributed by atoms with Gasteiger partial charge in [0.05, 0.1) is 4.90 Å². The summed E-state index contributed by atoms with van der Waals surface area (Å²) in [6.07, 6.45) is 3.23. The van der Waals surface area contributed by atoms with E-state index in [1.165, 1.54) is 31.0 Å². The topological polar surface area (TPSA) is 49.4 Å². The molecule has 0 radical (unpaired) electrons. The highest BCUT2D eigenvalue weighted by Gasteiger charge is 2.18. The standard InChI is InChI=1S/C16H25FN2O2S/c1-13-6-10-19(11-7-13)9-3-8-18-22(20,21)16-5-4-15(17)12-14(16)2/h4-5,12-13,18H,3,6-11H2,1-2H3. The Morgan fingerprint density at radius 1 is 1.32 bits per heavy atom. The van der Waals surface area contributed by atoms with Gasteiger partial charge in [0, 0.05) is 6.54 Å². The molecule has 124 valence electrons. The van der Waals surface area contributed by atoms with Crippen LogP contribution in [0, 0.1) is 18.7 Å². The van der Waals surface area contributed by atoms with Crippen molar-refractivity contribution < 1.29 is 12.8 Å². The van der Waals surface area contributed by atoms with Crippen LogP contribution in [0.4, 0.5) is 4.39 Å². The fourth-order valence-electron chi connectivity index (χ4n) is 2.79. The second-order valence-corrected chi connectivity index (χ2v) is 7.92. The molecule has 0 unspecified atom stereocenters. The number of sulfonamides is 1. The maximum absolute atomic E-state index is 13.1. The van der Waals surface area contributed by atoms with E-state index in [9.17, 15) is 12.8 Å². The van der Waals surface area contributed by atoms with Gasteiger partial charge in [-0.3, -0.25) is 0 Å². The Morgan fingerprint density at radius 2 is 2.00 bits per heavy atom. The van der Waals surface area contributed by atoms with Crippen molar-refractivity contribution >= 4 is 10.0 Å². The fraction of sp³-hybridized carbons (Fsp3) is 0.625. The molecule has 1 aliphatic heterocycles. The van der Waals surface area contributed by atoms with Crippen LogP contribution >= 0.6 is 0 Å². The molecule has 0 amide bonds. The van der Waals surface area contributed by atoms with Crippen LogP contribution in [-0.4, -0.2) is 39.5 Å². The Morgan fingerprint density at radius 3 is 2.64 bits per heavy atom. The van der Waals surface area contributed by atoms with Crippen molar-refractivity contribution in [2.75, 3.05) is 26.2 Å². The van der Waals surface area contributed by atoms with E-state index < -0.39 is 15.8 Å². The Bertz CT molecular complexity index is 596. The molecule has 1 heterocycles. The predicted molar refractivity (Wildman–Crippen MR) is 85.8 cm³/mol. The Hall–Kier alpha value is -0.980. The molecule has 0 aromatic heterocycles. The number of rotatable bonds is 6. The van der Waals surface area contributed by atoms with Crippen LogP contribution in [0.25, 0.3) is 0 Å². The first-order valence-electron chi connectivity index (χ1n) is 7.86. The number of likely N-dealkylation sites (tertiary alicyclic amines) is 1. The monoisotopic (exact) mass is 328 g/mol. The van der Waals surface area contributed by atoms with Gasteiger partial charge in [0.25, 0.3) is 0 Å². The average molecular weight is 328 g/mol. The minimum atomic E-state index is -3.55. The first kappa shape index (κ1) is 17.4. The van der Waals surface area contributed by atoms with Gasteiger partial charge in [-0.25, -0.2) is 17.5 Å². The van der Waals surface area contributed by atoms with Gasteiger partial charge in [0.2, 0.25) is 10.0 Å². The molecule has 0 saturated carbocycles. The second-order valence-electron chi connectivity index (χ2n) is 6.19. The van der Waals surface area contributed by atoms with Gasteiger partial charge < -0.3 is 4.90 Å². The normalized spacial score (nSPS) is 17.8. The van der Waals surface area contributed by atoms with Crippen molar-refractivity contribution in [3.05, 3.63) is 29.6 Å². The van der Waals surface area contributed by atoms with Gasteiger partial charge in [-0.05, 0) is 75.5 Å². The van der Waals surface area contributed by atoms with Gasteiger partial charge >= 0.3 is 0 Å². The van der Waals surface area contributed by atoms with E-state index in [4.69, 9.17) is 0 Å². The lowest BCUT2D eigenvalue weighted by Gasteiger charge is -2.30. The smallest absolute Gasteiger partial charge is 0.240 e. The highest BCUT2D eigenvalue weighted by molar-refractivity contribution is 7.89. The third-order valence-electron chi connectivity index (χ3n) is 4.25. The lowest BCUT2D eigenvalue weighted by atomic mass is 9.99. The zero-order chi connectivity index (χ0) is 16.2. The number of hydrogen-bond acceptors (Lipinski definition) is 3. The molecular weight excluding hydrogens is 303 g/mol. The van der Waals surface area contributed by atoms with Crippen molar-refractivity contribution in [1.82, 2.24) is 9.62 Å². The average Bonchev–Trinajstić information content (AvgIpc) is 2.45. The van der Waals surface area contributed by atoms with Crippen molar-refractivity contribution in [3.63, 3.8) is 0 Å². The first-order valence-corrected chi connectivity index (χ1v) is 9.35. The fourth-order valence-corrected chi connectivity index (χ4v) is 4.09. The number of hydrogen-bond donors (Lipinski definition) is 1. The third kappa shape index (κ3) is 4.76. The molecule has 1 N–H and O–H groups in total. The maximum atomic E-state index is 13.1. The number of nitrogens with zero attached hydrogens (tertiary/aromatic N) is 1. The van der Waals surface area contributed by atoms with E-state index in [2.05, 4.69) is 16.5 Å². The summed E-state index contributed by atoms with van der Waals surface area (Å²) in [7, 11) is -3.55. The lowest BCUT2D eigenvalue weighted by Crippen LogP contribution is -2.35. The Balaban J connectivity index is 1.80. The van der Waals surface area contributed by atoms with E-state index in [1.54, 1.807) is 6.92 Å². The second kappa shape index (κ2) is 7.53. The van der Waals surface area contributed by atoms with Crippen molar-refractivity contribution in [2.45, 2.75) is 38.0 Å². The largest absolute Gasteiger partial charge is 0.303 e. The molecule has 0 spiro atoms. The molecule has 22 heavy (non-hydrogen) atoms. The van der Waals surface area contributed by atoms with Gasteiger partial charge in [-0.15, -0.1) is 0 Å². The number of piperidine rings is 1. The van der Waals surface area contributed by atoms with Crippen LogP contribution in [-0.2, 0) is 10.0 Å². The highest BCUT2D eigenvalue weighted by Crippen LogP contribution is 2.17. The summed E-state index contributed by atoms with van der Waals surface area (Å²) in [4.78, 5) is 2.54. The van der Waals surface area contributed by atoms with Gasteiger partial charge in [-0.2, -0.15) is 0 Å². The Labute approximate surface area is 132 Å². The van der Waals surface area contributed by atoms with Crippen molar-refractivity contribution in [3.8, 4) is 0 Å². The highest BCUT2D eigenvalue weighted by atomic mass is 32.2. The van der Waals surface area contributed by atoms with Gasteiger partial charge in [0.15, 0.2) is 0 Å². The molecule has 1 aliphatic rings. The van der Waals surface area contributed by atoms with Crippen LogP contribution in [0.15, 0.2) is 23.1 Å². The van der Waals surface area contributed by atoms with E-state index in [0.717, 1.165) is 32.0 Å². The van der Waals surface area contributed by atoms with Crippen molar-refractivity contribution in [2.24, 2.45) is 5.92 Å². The van der Waals surface area contributed by atoms with Crippen LogP contribution in [0.2, 0.25) is 0 Å². The minimum Gasteiger partial charge on any atom is -0.303 e. The summed E-state index contributed by atoms with van der Waals surface area (Å²) in [6, 6.07) is 3.74. The Kier molecular flexibility index (Phi) is 5.94. The zero-order valence-corrected chi connectivity index (χ0v) is 14.1. The number of aryl methyl sites for hydroxylation is 1. The van der Waals surface area contributed by atoms with Gasteiger partial charge in [0.1, 0.15) is 5.82 Å². The van der Waals surface area contributed by atoms with Gasteiger partial charge in [-0.1, -0.05) is 6.92 Å². The molecule has 1 fully saturated rings. The number of nitrogens with one attached hydrogen (secondary N) is 1. The summed E-state index contributed by atoms with van der Waals surface area (Å²) in [5, 5.41) is 0. The molecule has 0 bridgehead atoms. The summed E-state index contributed by atoms with van der Waals surface area (Å²) >= 11 is 0. The third-order valence-corrected chi connectivity index (χ3v) is 5.87. The van der Waals surface area contributed by atoms with E-state index in [-0.39, 0.29) is 4.90 Å². The van der Waals surface area contributed by atoms with E-state index >= 15 is 0 Å².